The second kappa shape index (κ2) is 9.94. The maximum atomic E-state index is 12.6. The molecule has 8 nitrogen and oxygen atoms in total. The summed E-state index contributed by atoms with van der Waals surface area (Å²) in [5.41, 5.74) is 7.18. The van der Waals surface area contributed by atoms with E-state index in [1.165, 1.54) is 26.5 Å². The number of carbonyl (C=O) groups excluding carboxylic acids is 2. The van der Waals surface area contributed by atoms with Crippen LogP contribution in [-0.4, -0.2) is 58.9 Å². The van der Waals surface area contributed by atoms with Gasteiger partial charge >= 0.3 is 6.09 Å². The minimum atomic E-state index is -0.600. The molecule has 0 bridgehead atoms. The summed E-state index contributed by atoms with van der Waals surface area (Å²) in [6.07, 6.45) is 2.10. The number of anilines is 1. The van der Waals surface area contributed by atoms with Gasteiger partial charge in [-0.3, -0.25) is 9.20 Å². The number of aryl methyl sites for hydroxylation is 4. The lowest BCUT2D eigenvalue weighted by atomic mass is 10.00. The van der Waals surface area contributed by atoms with E-state index in [0.29, 0.717) is 12.3 Å². The Hall–Kier alpha value is -3.55. The predicted octanol–water partition coefficient (Wildman–Crippen LogP) is 3.95. The zero-order valence-corrected chi connectivity index (χ0v) is 20.5. The maximum Gasteiger partial charge on any atom is 0.415 e. The van der Waals surface area contributed by atoms with Crippen molar-refractivity contribution in [2.24, 2.45) is 0 Å². The molecule has 0 saturated carbocycles. The van der Waals surface area contributed by atoms with Gasteiger partial charge in [0.2, 0.25) is 5.91 Å². The molecule has 0 fully saturated rings. The number of nitrogens with one attached hydrogen (secondary N) is 1. The van der Waals surface area contributed by atoms with Crippen molar-refractivity contribution in [3.05, 3.63) is 58.5 Å². The van der Waals surface area contributed by atoms with Crippen LogP contribution in [0.25, 0.3) is 5.65 Å². The van der Waals surface area contributed by atoms with Crippen LogP contribution >= 0.6 is 0 Å². The number of likely N-dealkylation sites (N-methyl/N-ethyl adjacent to an activating group) is 2. The van der Waals surface area contributed by atoms with Gasteiger partial charge in [0, 0.05) is 39.4 Å². The van der Waals surface area contributed by atoms with E-state index < -0.39 is 6.09 Å². The Bertz CT molecular complexity index is 1180. The second-order valence-electron chi connectivity index (χ2n) is 8.50. The maximum absolute atomic E-state index is 12.6. The highest BCUT2D eigenvalue weighted by atomic mass is 16.6. The minimum Gasteiger partial charge on any atom is -0.409 e. The van der Waals surface area contributed by atoms with Crippen molar-refractivity contribution in [3.63, 3.8) is 0 Å². The SMILES string of the molecule is CCc1cccc(C)c1CNc1cc(OC(=O)N(C)CC(=O)N(C)C)cn2c(C)c(C)nc12. The highest BCUT2D eigenvalue weighted by molar-refractivity contribution is 5.82. The molecule has 0 aliphatic heterocycles. The van der Waals surface area contributed by atoms with E-state index >= 15 is 0 Å². The zero-order chi connectivity index (χ0) is 24.3. The molecular formula is C25H33N5O3. The van der Waals surface area contributed by atoms with Crippen LogP contribution in [0.15, 0.2) is 30.5 Å². The van der Waals surface area contributed by atoms with Crippen LogP contribution < -0.4 is 10.1 Å². The average Bonchev–Trinajstić information content (AvgIpc) is 3.06. The molecule has 0 aliphatic rings. The number of ether oxygens (including phenoxy) is 1. The van der Waals surface area contributed by atoms with Crippen molar-refractivity contribution in [3.8, 4) is 5.75 Å². The molecule has 176 valence electrons. The lowest BCUT2D eigenvalue weighted by molar-refractivity contribution is -0.129. The van der Waals surface area contributed by atoms with Gasteiger partial charge in [0.1, 0.15) is 6.54 Å². The number of rotatable bonds is 7. The predicted molar refractivity (Wildman–Crippen MR) is 130 cm³/mol. The Kier molecular flexibility index (Phi) is 7.26. The van der Waals surface area contributed by atoms with E-state index in [9.17, 15) is 9.59 Å². The van der Waals surface area contributed by atoms with Crippen molar-refractivity contribution in [1.29, 1.82) is 0 Å². The summed E-state index contributed by atoms with van der Waals surface area (Å²) in [7, 11) is 4.84. The van der Waals surface area contributed by atoms with Crippen molar-refractivity contribution in [1.82, 2.24) is 19.2 Å². The minimum absolute atomic E-state index is 0.0600. The number of pyridine rings is 1. The van der Waals surface area contributed by atoms with Gasteiger partial charge in [-0.1, -0.05) is 25.1 Å². The summed E-state index contributed by atoms with van der Waals surface area (Å²) in [6, 6.07) is 8.12. The molecule has 0 unspecified atom stereocenters. The summed E-state index contributed by atoms with van der Waals surface area (Å²) >= 11 is 0. The number of fused-ring (bicyclic) bond motifs is 1. The average molecular weight is 452 g/mol. The first kappa shape index (κ1) is 24.1. The Morgan fingerprint density at radius 1 is 1.15 bits per heavy atom. The lowest BCUT2D eigenvalue weighted by Crippen LogP contribution is -2.39. The Morgan fingerprint density at radius 2 is 1.88 bits per heavy atom. The van der Waals surface area contributed by atoms with Crippen molar-refractivity contribution in [2.45, 2.75) is 40.7 Å². The van der Waals surface area contributed by atoms with Gasteiger partial charge in [0.25, 0.3) is 0 Å². The van der Waals surface area contributed by atoms with Gasteiger partial charge in [-0.2, -0.15) is 0 Å². The zero-order valence-electron chi connectivity index (χ0n) is 20.5. The molecule has 0 atom stereocenters. The topological polar surface area (TPSA) is 79.2 Å². The van der Waals surface area contributed by atoms with Crippen LogP contribution in [0.1, 0.15) is 35.0 Å². The molecule has 0 radical (unpaired) electrons. The van der Waals surface area contributed by atoms with E-state index in [-0.39, 0.29) is 12.5 Å². The third kappa shape index (κ3) is 5.27. The van der Waals surface area contributed by atoms with Gasteiger partial charge in [-0.25, -0.2) is 9.78 Å². The number of amides is 2. The molecule has 2 aromatic heterocycles. The molecule has 3 aromatic rings. The van der Waals surface area contributed by atoms with Crippen LogP contribution in [-0.2, 0) is 17.8 Å². The molecule has 2 amide bonds. The number of carbonyl (C=O) groups is 2. The lowest BCUT2D eigenvalue weighted by Gasteiger charge is -2.19. The molecule has 0 aliphatic carbocycles. The van der Waals surface area contributed by atoms with Gasteiger partial charge in [-0.15, -0.1) is 0 Å². The molecule has 8 heteroatoms. The van der Waals surface area contributed by atoms with Gasteiger partial charge < -0.3 is 19.9 Å². The number of benzene rings is 1. The normalized spacial score (nSPS) is 10.9. The first-order valence-electron chi connectivity index (χ1n) is 11.1. The summed E-state index contributed by atoms with van der Waals surface area (Å²) in [4.78, 5) is 31.9. The molecule has 2 heterocycles. The van der Waals surface area contributed by atoms with E-state index in [4.69, 9.17) is 9.72 Å². The number of aromatic nitrogens is 2. The first-order chi connectivity index (χ1) is 15.6. The van der Waals surface area contributed by atoms with Crippen molar-refractivity contribution >= 4 is 23.3 Å². The van der Waals surface area contributed by atoms with Crippen LogP contribution in [0.4, 0.5) is 10.5 Å². The van der Waals surface area contributed by atoms with Gasteiger partial charge in [0.05, 0.1) is 17.6 Å². The third-order valence-electron chi connectivity index (χ3n) is 5.90. The quantitative estimate of drug-likeness (QED) is 0.588. The first-order valence-corrected chi connectivity index (χ1v) is 11.1. The van der Waals surface area contributed by atoms with Crippen LogP contribution in [0, 0.1) is 20.8 Å². The fourth-order valence-corrected chi connectivity index (χ4v) is 3.65. The van der Waals surface area contributed by atoms with Gasteiger partial charge in [-0.05, 0) is 43.9 Å². The molecular weight excluding hydrogens is 418 g/mol. The molecule has 33 heavy (non-hydrogen) atoms. The summed E-state index contributed by atoms with van der Waals surface area (Å²) in [5.74, 6) is 0.193. The molecule has 0 spiro atoms. The number of hydrogen-bond acceptors (Lipinski definition) is 5. The number of nitrogens with zero attached hydrogens (tertiary/aromatic N) is 4. The van der Waals surface area contributed by atoms with E-state index in [2.05, 4.69) is 37.4 Å². The largest absolute Gasteiger partial charge is 0.415 e. The Labute approximate surface area is 195 Å². The van der Waals surface area contributed by atoms with Crippen LogP contribution in [0.5, 0.6) is 5.75 Å². The molecule has 3 rings (SSSR count). The summed E-state index contributed by atoms with van der Waals surface area (Å²) in [5, 5.41) is 3.50. The van der Waals surface area contributed by atoms with E-state index in [1.807, 2.05) is 18.2 Å². The summed E-state index contributed by atoms with van der Waals surface area (Å²) in [6.45, 7) is 8.76. The van der Waals surface area contributed by atoms with Crippen LogP contribution in [0.3, 0.4) is 0 Å². The van der Waals surface area contributed by atoms with Crippen molar-refractivity contribution < 1.29 is 14.3 Å². The Morgan fingerprint density at radius 3 is 2.55 bits per heavy atom. The highest BCUT2D eigenvalue weighted by Gasteiger charge is 2.18. The fourth-order valence-electron chi connectivity index (χ4n) is 3.65. The van der Waals surface area contributed by atoms with E-state index in [1.54, 1.807) is 33.4 Å². The van der Waals surface area contributed by atoms with Crippen LogP contribution in [0.2, 0.25) is 0 Å². The molecule has 1 N–H and O–H groups in total. The van der Waals surface area contributed by atoms with E-state index in [0.717, 1.165) is 29.1 Å². The van der Waals surface area contributed by atoms with Crippen molar-refractivity contribution in [2.75, 3.05) is 33.0 Å². The standard InChI is InChI=1S/C25H33N5O3/c1-8-19-11-9-10-16(2)21(19)13-26-22-12-20(14-30-18(4)17(3)27-24(22)30)33-25(32)29(7)15-23(31)28(5)6/h9-12,14,26H,8,13,15H2,1-7H3. The smallest absolute Gasteiger partial charge is 0.409 e. The fraction of sp³-hybridized carbons (Fsp3) is 0.400. The Balaban J connectivity index is 1.90. The molecule has 1 aromatic carbocycles. The highest BCUT2D eigenvalue weighted by Crippen LogP contribution is 2.27. The number of imidazole rings is 1. The summed E-state index contributed by atoms with van der Waals surface area (Å²) < 4.78 is 7.54. The third-order valence-corrected chi connectivity index (χ3v) is 5.90. The monoisotopic (exact) mass is 451 g/mol. The number of hydrogen-bond donors (Lipinski definition) is 1. The molecule has 0 saturated heterocycles. The van der Waals surface area contributed by atoms with Gasteiger partial charge in [0.15, 0.2) is 11.4 Å². The second-order valence-corrected chi connectivity index (χ2v) is 8.50.